The van der Waals surface area contributed by atoms with Gasteiger partial charge in [0.05, 0.1) is 11.6 Å². The van der Waals surface area contributed by atoms with Crippen LogP contribution in [0, 0.1) is 0 Å². The highest BCUT2D eigenvalue weighted by Gasteiger charge is 2.34. The van der Waals surface area contributed by atoms with Crippen molar-refractivity contribution in [1.29, 1.82) is 0 Å². The predicted octanol–water partition coefficient (Wildman–Crippen LogP) is 3.36. The number of aliphatic imine (C=N–C) groups is 1. The fourth-order valence-electron chi connectivity index (χ4n) is 2.84. The highest BCUT2D eigenvalue weighted by Crippen LogP contribution is 2.40. The van der Waals surface area contributed by atoms with Crippen molar-refractivity contribution in [1.82, 2.24) is 4.90 Å². The van der Waals surface area contributed by atoms with E-state index in [-0.39, 0.29) is 12.0 Å². The van der Waals surface area contributed by atoms with E-state index in [1.54, 1.807) is 12.1 Å². The van der Waals surface area contributed by atoms with E-state index in [9.17, 15) is 13.2 Å². The van der Waals surface area contributed by atoms with Gasteiger partial charge in [0.2, 0.25) is 0 Å². The summed E-state index contributed by atoms with van der Waals surface area (Å²) in [4.78, 5) is 6.54. The third kappa shape index (κ3) is 3.20. The van der Waals surface area contributed by atoms with Crippen molar-refractivity contribution >= 4 is 5.96 Å². The molecule has 1 aromatic carbocycles. The van der Waals surface area contributed by atoms with Crippen molar-refractivity contribution in [2.45, 2.75) is 49.9 Å². The van der Waals surface area contributed by atoms with Gasteiger partial charge in [0, 0.05) is 13.1 Å². The maximum Gasteiger partial charge on any atom is 0.416 e. The summed E-state index contributed by atoms with van der Waals surface area (Å²) in [6.45, 7) is 0. The zero-order valence-electron chi connectivity index (χ0n) is 12.5. The van der Waals surface area contributed by atoms with Crippen LogP contribution in [0.4, 0.5) is 13.2 Å². The van der Waals surface area contributed by atoms with E-state index in [0.29, 0.717) is 12.0 Å². The Morgan fingerprint density at radius 1 is 1.18 bits per heavy atom. The topological polar surface area (TPSA) is 41.6 Å². The average Bonchev–Trinajstić information content (AvgIpc) is 3.25. The minimum absolute atomic E-state index is 0.188. The molecule has 0 saturated heterocycles. The molecule has 0 heterocycles. The maximum atomic E-state index is 12.5. The second kappa shape index (κ2) is 5.48. The van der Waals surface area contributed by atoms with Crippen LogP contribution in [0.15, 0.2) is 29.3 Å². The molecule has 0 atom stereocenters. The van der Waals surface area contributed by atoms with Crippen molar-refractivity contribution in [3.8, 4) is 0 Å². The number of nitrogens with two attached hydrogens (primary N) is 1. The number of halogens is 3. The molecule has 3 nitrogen and oxygen atoms in total. The first-order valence-corrected chi connectivity index (χ1v) is 7.58. The first-order chi connectivity index (χ1) is 10.3. The molecule has 3 rings (SSSR count). The van der Waals surface area contributed by atoms with Crippen molar-refractivity contribution in [3.63, 3.8) is 0 Å². The van der Waals surface area contributed by atoms with Gasteiger partial charge in [-0.1, -0.05) is 12.1 Å². The standard InChI is InChI=1S/C16H20F3N3/c1-22(14-6-7-14)15(20)21-13-8-11(9-13)10-2-4-12(5-3-10)16(17,18)19/h2-5,11,13-14H,6-9H2,1H3,(H2,20,21). The summed E-state index contributed by atoms with van der Waals surface area (Å²) in [5.41, 5.74) is 6.33. The monoisotopic (exact) mass is 311 g/mol. The van der Waals surface area contributed by atoms with Crippen LogP contribution in [0.5, 0.6) is 0 Å². The molecule has 2 fully saturated rings. The van der Waals surface area contributed by atoms with E-state index in [0.717, 1.165) is 30.5 Å². The van der Waals surface area contributed by atoms with Crippen LogP contribution in [0.3, 0.4) is 0 Å². The number of benzene rings is 1. The van der Waals surface area contributed by atoms with Crippen LogP contribution < -0.4 is 5.73 Å². The molecular formula is C16H20F3N3. The Bertz CT molecular complexity index is 555. The lowest BCUT2D eigenvalue weighted by molar-refractivity contribution is -0.137. The predicted molar refractivity (Wildman–Crippen MR) is 79.6 cm³/mol. The molecule has 120 valence electrons. The second-order valence-electron chi connectivity index (χ2n) is 6.27. The van der Waals surface area contributed by atoms with E-state index in [4.69, 9.17) is 5.73 Å². The molecule has 2 aliphatic rings. The van der Waals surface area contributed by atoms with Crippen LogP contribution >= 0.6 is 0 Å². The molecule has 0 bridgehead atoms. The van der Waals surface area contributed by atoms with Crippen LogP contribution in [0.25, 0.3) is 0 Å². The number of hydrogen-bond acceptors (Lipinski definition) is 1. The van der Waals surface area contributed by atoms with Crippen LogP contribution in [0.1, 0.15) is 42.7 Å². The van der Waals surface area contributed by atoms with Gasteiger partial charge in [-0.25, -0.2) is 4.99 Å². The van der Waals surface area contributed by atoms with Gasteiger partial charge < -0.3 is 10.6 Å². The van der Waals surface area contributed by atoms with E-state index in [1.807, 2.05) is 11.9 Å². The molecule has 0 radical (unpaired) electrons. The van der Waals surface area contributed by atoms with Crippen molar-refractivity contribution in [3.05, 3.63) is 35.4 Å². The highest BCUT2D eigenvalue weighted by atomic mass is 19.4. The summed E-state index contributed by atoms with van der Waals surface area (Å²) in [6.07, 6.45) is -0.223. The third-order valence-corrected chi connectivity index (χ3v) is 4.59. The molecule has 2 aliphatic carbocycles. The molecule has 22 heavy (non-hydrogen) atoms. The van der Waals surface area contributed by atoms with E-state index < -0.39 is 11.7 Å². The van der Waals surface area contributed by atoms with Crippen LogP contribution in [0.2, 0.25) is 0 Å². The van der Waals surface area contributed by atoms with Gasteiger partial charge in [-0.3, -0.25) is 0 Å². The number of hydrogen-bond donors (Lipinski definition) is 1. The maximum absolute atomic E-state index is 12.5. The minimum atomic E-state index is -4.27. The fourth-order valence-corrected chi connectivity index (χ4v) is 2.84. The van der Waals surface area contributed by atoms with Gasteiger partial charge in [0.1, 0.15) is 0 Å². The summed E-state index contributed by atoms with van der Waals surface area (Å²) < 4.78 is 37.6. The normalized spacial score (nSPS) is 25.7. The lowest BCUT2D eigenvalue weighted by Crippen LogP contribution is -2.38. The Morgan fingerprint density at radius 2 is 1.77 bits per heavy atom. The summed E-state index contributed by atoms with van der Waals surface area (Å²) in [5, 5.41) is 0. The molecule has 6 heteroatoms. The Kier molecular flexibility index (Phi) is 3.78. The van der Waals surface area contributed by atoms with E-state index >= 15 is 0 Å². The first-order valence-electron chi connectivity index (χ1n) is 7.58. The summed E-state index contributed by atoms with van der Waals surface area (Å²) in [7, 11) is 1.96. The molecule has 0 aliphatic heterocycles. The molecule has 0 unspecified atom stereocenters. The lowest BCUT2D eigenvalue weighted by atomic mass is 9.76. The van der Waals surface area contributed by atoms with Gasteiger partial charge in [0.15, 0.2) is 5.96 Å². The zero-order chi connectivity index (χ0) is 15.9. The van der Waals surface area contributed by atoms with Gasteiger partial charge in [-0.15, -0.1) is 0 Å². The Labute approximate surface area is 128 Å². The van der Waals surface area contributed by atoms with Crippen LogP contribution in [-0.4, -0.2) is 30.0 Å². The first kappa shape index (κ1) is 15.2. The molecular weight excluding hydrogens is 291 g/mol. The number of alkyl halides is 3. The quantitative estimate of drug-likeness (QED) is 0.687. The molecule has 2 saturated carbocycles. The average molecular weight is 311 g/mol. The van der Waals surface area contributed by atoms with Gasteiger partial charge in [-0.05, 0) is 49.3 Å². The third-order valence-electron chi connectivity index (χ3n) is 4.59. The largest absolute Gasteiger partial charge is 0.416 e. The summed E-state index contributed by atoms with van der Waals surface area (Å²) >= 11 is 0. The molecule has 0 amide bonds. The zero-order valence-corrected chi connectivity index (χ0v) is 12.5. The Hall–Kier alpha value is -1.72. The minimum Gasteiger partial charge on any atom is -0.370 e. The molecule has 1 aromatic rings. The van der Waals surface area contributed by atoms with Crippen molar-refractivity contribution in [2.75, 3.05) is 7.05 Å². The second-order valence-corrected chi connectivity index (χ2v) is 6.27. The van der Waals surface area contributed by atoms with Gasteiger partial charge in [-0.2, -0.15) is 13.2 Å². The fraction of sp³-hybridized carbons (Fsp3) is 0.562. The summed E-state index contributed by atoms with van der Waals surface area (Å²) in [6, 6.07) is 6.19. The number of rotatable bonds is 3. The van der Waals surface area contributed by atoms with E-state index in [1.165, 1.54) is 12.8 Å². The van der Waals surface area contributed by atoms with Crippen molar-refractivity contribution < 1.29 is 13.2 Å². The number of nitrogens with zero attached hydrogens (tertiary/aromatic N) is 2. The molecule has 0 spiro atoms. The SMILES string of the molecule is CN(C(N)=NC1CC(c2ccc(C(F)(F)F)cc2)C1)C1CC1. The van der Waals surface area contributed by atoms with E-state index in [2.05, 4.69) is 4.99 Å². The molecule has 2 N–H and O–H groups in total. The van der Waals surface area contributed by atoms with Gasteiger partial charge in [0.25, 0.3) is 0 Å². The van der Waals surface area contributed by atoms with Crippen molar-refractivity contribution in [2.24, 2.45) is 10.7 Å². The smallest absolute Gasteiger partial charge is 0.370 e. The van der Waals surface area contributed by atoms with Crippen LogP contribution in [-0.2, 0) is 6.18 Å². The summed E-state index contributed by atoms with van der Waals surface area (Å²) in [5.74, 6) is 0.869. The Balaban J connectivity index is 1.55. The molecule has 0 aromatic heterocycles. The highest BCUT2D eigenvalue weighted by molar-refractivity contribution is 5.78. The lowest BCUT2D eigenvalue weighted by Gasteiger charge is -2.34. The number of guanidine groups is 1. The van der Waals surface area contributed by atoms with Gasteiger partial charge >= 0.3 is 6.18 Å². The Morgan fingerprint density at radius 3 is 2.27 bits per heavy atom.